The Morgan fingerprint density at radius 3 is 2.50 bits per heavy atom. The summed E-state index contributed by atoms with van der Waals surface area (Å²) >= 11 is 5.71. The molecule has 1 aromatic carbocycles. The van der Waals surface area contributed by atoms with Crippen molar-refractivity contribution in [1.29, 1.82) is 0 Å². The molecule has 24 heavy (non-hydrogen) atoms. The van der Waals surface area contributed by atoms with Crippen molar-refractivity contribution in [2.45, 2.75) is 19.1 Å². The highest BCUT2D eigenvalue weighted by atomic mass is 35.5. The van der Waals surface area contributed by atoms with Gasteiger partial charge in [0.15, 0.2) is 6.61 Å². The molecule has 0 saturated heterocycles. The van der Waals surface area contributed by atoms with Crippen LogP contribution in [0.1, 0.15) is 12.5 Å². The molecule has 132 valence electrons. The number of primary amides is 1. The minimum atomic E-state index is -4.60. The number of carbonyl (C=O) groups excluding carboxylic acids is 3. The van der Waals surface area contributed by atoms with E-state index >= 15 is 0 Å². The Kier molecular flexibility index (Phi) is 6.41. The van der Waals surface area contributed by atoms with Crippen molar-refractivity contribution in [3.63, 3.8) is 0 Å². The minimum Gasteiger partial charge on any atom is -0.454 e. The average Bonchev–Trinajstić information content (AvgIpc) is 2.45. The minimum absolute atomic E-state index is 0.119. The van der Waals surface area contributed by atoms with Gasteiger partial charge >= 0.3 is 18.2 Å². The zero-order valence-electron chi connectivity index (χ0n) is 12.2. The van der Waals surface area contributed by atoms with E-state index in [1.54, 1.807) is 0 Å². The van der Waals surface area contributed by atoms with E-state index in [2.05, 4.69) is 10.1 Å². The van der Waals surface area contributed by atoms with Gasteiger partial charge in [-0.2, -0.15) is 13.2 Å². The standard InChI is InChI=1S/C13H13ClF3N3O4/c1-6(19-12(18)23)11(22)24-5-10(21)20-9-4-7(13(15,16)17)2-3-8(9)14/h2-4,6H,5H2,1H3,(H,20,21)(H3,18,19,23)/t6-/m0/s1. The molecular formula is C13H13ClF3N3O4. The molecule has 0 saturated carbocycles. The molecule has 0 bridgehead atoms. The number of anilines is 1. The molecule has 1 aromatic rings. The molecule has 0 aliphatic rings. The van der Waals surface area contributed by atoms with E-state index in [-0.39, 0.29) is 10.7 Å². The van der Waals surface area contributed by atoms with Gasteiger partial charge < -0.3 is 21.1 Å². The van der Waals surface area contributed by atoms with Crippen molar-refractivity contribution < 1.29 is 32.3 Å². The number of nitrogens with two attached hydrogens (primary N) is 1. The van der Waals surface area contributed by atoms with E-state index in [1.165, 1.54) is 6.92 Å². The number of hydrogen-bond donors (Lipinski definition) is 3. The Hall–Kier alpha value is -2.49. The Bertz CT molecular complexity index is 652. The van der Waals surface area contributed by atoms with Crippen LogP contribution in [0.2, 0.25) is 5.02 Å². The number of alkyl halides is 3. The Labute approximate surface area is 139 Å². The van der Waals surface area contributed by atoms with Gasteiger partial charge in [-0.25, -0.2) is 9.59 Å². The van der Waals surface area contributed by atoms with E-state index in [9.17, 15) is 27.6 Å². The fraction of sp³-hybridized carbons (Fsp3) is 0.308. The Balaban J connectivity index is 2.65. The average molecular weight is 368 g/mol. The predicted molar refractivity (Wildman–Crippen MR) is 78.2 cm³/mol. The van der Waals surface area contributed by atoms with E-state index in [0.29, 0.717) is 6.07 Å². The first-order chi connectivity index (χ1) is 11.0. The second-order valence-electron chi connectivity index (χ2n) is 4.58. The van der Waals surface area contributed by atoms with Gasteiger partial charge in [0.05, 0.1) is 16.3 Å². The Morgan fingerprint density at radius 2 is 1.96 bits per heavy atom. The molecule has 0 aromatic heterocycles. The lowest BCUT2D eigenvalue weighted by Gasteiger charge is -2.13. The normalized spacial score (nSPS) is 12.2. The van der Waals surface area contributed by atoms with Crippen LogP contribution in [0.25, 0.3) is 0 Å². The molecule has 0 aliphatic heterocycles. The van der Waals surface area contributed by atoms with Crippen LogP contribution in [0.15, 0.2) is 18.2 Å². The van der Waals surface area contributed by atoms with Crippen LogP contribution in [0.4, 0.5) is 23.7 Å². The molecule has 1 atom stereocenters. The molecule has 4 N–H and O–H groups in total. The maximum Gasteiger partial charge on any atom is 0.416 e. The summed E-state index contributed by atoms with van der Waals surface area (Å²) in [7, 11) is 0. The van der Waals surface area contributed by atoms with Gasteiger partial charge in [-0.05, 0) is 25.1 Å². The maximum absolute atomic E-state index is 12.6. The molecule has 1 rings (SSSR count). The molecule has 0 fully saturated rings. The molecule has 0 aliphatic carbocycles. The van der Waals surface area contributed by atoms with E-state index in [4.69, 9.17) is 17.3 Å². The van der Waals surface area contributed by atoms with E-state index in [1.807, 2.05) is 5.32 Å². The first-order valence-corrected chi connectivity index (χ1v) is 6.77. The van der Waals surface area contributed by atoms with E-state index in [0.717, 1.165) is 12.1 Å². The number of esters is 1. The van der Waals surface area contributed by atoms with Gasteiger partial charge in [0.25, 0.3) is 5.91 Å². The summed E-state index contributed by atoms with van der Waals surface area (Å²) in [6, 6.07) is 0.339. The third kappa shape index (κ3) is 5.95. The zero-order chi connectivity index (χ0) is 18.5. The van der Waals surface area contributed by atoms with E-state index < -0.39 is 42.3 Å². The number of carbonyl (C=O) groups is 3. The van der Waals surface area contributed by atoms with Crippen molar-refractivity contribution in [3.05, 3.63) is 28.8 Å². The van der Waals surface area contributed by atoms with Crippen LogP contribution in [-0.4, -0.2) is 30.6 Å². The first-order valence-electron chi connectivity index (χ1n) is 6.40. The zero-order valence-corrected chi connectivity index (χ0v) is 13.0. The summed E-state index contributed by atoms with van der Waals surface area (Å²) in [4.78, 5) is 33.6. The number of amides is 3. The fourth-order valence-electron chi connectivity index (χ4n) is 1.52. The molecule has 3 amide bonds. The molecule has 0 radical (unpaired) electrons. The van der Waals surface area contributed by atoms with Crippen molar-refractivity contribution in [1.82, 2.24) is 5.32 Å². The number of halogens is 4. The van der Waals surface area contributed by atoms with Crippen molar-refractivity contribution in [2.24, 2.45) is 5.73 Å². The third-order valence-electron chi connectivity index (χ3n) is 2.63. The van der Waals surface area contributed by atoms with Gasteiger partial charge in [-0.3, -0.25) is 4.79 Å². The lowest BCUT2D eigenvalue weighted by atomic mass is 10.2. The summed E-state index contributed by atoms with van der Waals surface area (Å²) in [5.74, 6) is -1.85. The van der Waals surface area contributed by atoms with Gasteiger partial charge in [-0.15, -0.1) is 0 Å². The monoisotopic (exact) mass is 367 g/mol. The SMILES string of the molecule is C[C@H](NC(N)=O)C(=O)OCC(=O)Nc1cc(C(F)(F)F)ccc1Cl. The quantitative estimate of drug-likeness (QED) is 0.690. The topological polar surface area (TPSA) is 111 Å². The number of ether oxygens (including phenoxy) is 1. The molecular weight excluding hydrogens is 355 g/mol. The van der Waals surface area contributed by atoms with Crippen LogP contribution in [0, 0.1) is 0 Å². The van der Waals surface area contributed by atoms with Gasteiger partial charge in [-0.1, -0.05) is 11.6 Å². The predicted octanol–water partition coefficient (Wildman–Crippen LogP) is 1.90. The number of urea groups is 1. The summed E-state index contributed by atoms with van der Waals surface area (Å²) < 4.78 is 42.4. The van der Waals surface area contributed by atoms with Gasteiger partial charge in [0.2, 0.25) is 0 Å². The first kappa shape index (κ1) is 19.6. The second kappa shape index (κ2) is 7.86. The largest absolute Gasteiger partial charge is 0.454 e. The van der Waals surface area contributed by atoms with Gasteiger partial charge in [0.1, 0.15) is 6.04 Å². The molecule has 0 spiro atoms. The summed E-state index contributed by atoms with van der Waals surface area (Å²) in [6.07, 6.45) is -4.60. The maximum atomic E-state index is 12.6. The highest BCUT2D eigenvalue weighted by molar-refractivity contribution is 6.33. The molecule has 0 unspecified atom stereocenters. The van der Waals surface area contributed by atoms with Gasteiger partial charge in [0, 0.05) is 0 Å². The lowest BCUT2D eigenvalue weighted by Crippen LogP contribution is -2.43. The number of hydrogen-bond acceptors (Lipinski definition) is 4. The Morgan fingerprint density at radius 1 is 1.33 bits per heavy atom. The fourth-order valence-corrected chi connectivity index (χ4v) is 1.68. The van der Waals surface area contributed by atoms with Crippen molar-refractivity contribution in [3.8, 4) is 0 Å². The highest BCUT2D eigenvalue weighted by Crippen LogP contribution is 2.33. The van der Waals surface area contributed by atoms with Crippen molar-refractivity contribution in [2.75, 3.05) is 11.9 Å². The number of benzene rings is 1. The highest BCUT2D eigenvalue weighted by Gasteiger charge is 2.31. The molecule has 11 heteroatoms. The number of nitrogens with one attached hydrogen (secondary N) is 2. The van der Waals surface area contributed by atoms with Crippen LogP contribution in [-0.2, 0) is 20.5 Å². The van der Waals surface area contributed by atoms with Crippen LogP contribution in [0.3, 0.4) is 0 Å². The van der Waals surface area contributed by atoms with Crippen LogP contribution < -0.4 is 16.4 Å². The summed E-state index contributed by atoms with van der Waals surface area (Å²) in [5, 5.41) is 4.01. The summed E-state index contributed by atoms with van der Waals surface area (Å²) in [6.45, 7) is 0.491. The molecule has 7 nitrogen and oxygen atoms in total. The van der Waals surface area contributed by atoms with Crippen molar-refractivity contribution >= 4 is 35.2 Å². The summed E-state index contributed by atoms with van der Waals surface area (Å²) in [5.41, 5.74) is 3.53. The smallest absolute Gasteiger partial charge is 0.416 e. The van der Waals surface area contributed by atoms with Crippen LogP contribution in [0.5, 0.6) is 0 Å². The number of rotatable bonds is 5. The lowest BCUT2D eigenvalue weighted by molar-refractivity contribution is -0.148. The molecule has 0 heterocycles. The third-order valence-corrected chi connectivity index (χ3v) is 2.96. The van der Waals surface area contributed by atoms with Crippen LogP contribution >= 0.6 is 11.6 Å². The second-order valence-corrected chi connectivity index (χ2v) is 4.99.